The minimum atomic E-state index is -0.0886. The Balaban J connectivity index is 1.95. The molecule has 1 saturated carbocycles. The molecular weight excluding hydrogens is 216 g/mol. The van der Waals surface area contributed by atoms with Crippen LogP contribution in [0.25, 0.3) is 0 Å². The van der Waals surface area contributed by atoms with E-state index in [4.69, 9.17) is 10.5 Å². The number of hydrogen-bond acceptors (Lipinski definition) is 3. The van der Waals surface area contributed by atoms with E-state index in [1.807, 2.05) is 6.92 Å². The molecule has 0 aromatic carbocycles. The van der Waals surface area contributed by atoms with E-state index in [1.54, 1.807) is 0 Å². The standard InChI is InChI=1S/C13H26N2O2/c1-11(10-14)13(16)15-8-5-9-17-12-6-3-2-4-7-12/h11-12H,2-10,14H2,1H3,(H,15,16). The zero-order chi connectivity index (χ0) is 12.5. The number of rotatable bonds is 7. The second-order valence-electron chi connectivity index (χ2n) is 4.91. The number of hydrogen-bond donors (Lipinski definition) is 2. The van der Waals surface area contributed by atoms with Crippen LogP contribution in [0.3, 0.4) is 0 Å². The van der Waals surface area contributed by atoms with Crippen molar-refractivity contribution >= 4 is 5.91 Å². The zero-order valence-corrected chi connectivity index (χ0v) is 10.9. The van der Waals surface area contributed by atoms with Gasteiger partial charge in [0.25, 0.3) is 0 Å². The monoisotopic (exact) mass is 242 g/mol. The molecule has 0 saturated heterocycles. The highest BCUT2D eigenvalue weighted by Crippen LogP contribution is 2.20. The van der Waals surface area contributed by atoms with Gasteiger partial charge in [-0.25, -0.2) is 0 Å². The fraction of sp³-hybridized carbons (Fsp3) is 0.923. The summed E-state index contributed by atoms with van der Waals surface area (Å²) in [6.07, 6.45) is 7.71. The van der Waals surface area contributed by atoms with Crippen molar-refractivity contribution in [1.29, 1.82) is 0 Å². The number of carbonyl (C=O) groups is 1. The van der Waals surface area contributed by atoms with Crippen LogP contribution in [0.4, 0.5) is 0 Å². The van der Waals surface area contributed by atoms with E-state index < -0.39 is 0 Å². The Morgan fingerprint density at radius 2 is 2.12 bits per heavy atom. The number of nitrogens with two attached hydrogens (primary N) is 1. The van der Waals surface area contributed by atoms with Crippen molar-refractivity contribution in [3.63, 3.8) is 0 Å². The lowest BCUT2D eigenvalue weighted by Crippen LogP contribution is -2.34. The van der Waals surface area contributed by atoms with Crippen molar-refractivity contribution in [3.05, 3.63) is 0 Å². The summed E-state index contributed by atoms with van der Waals surface area (Å²) in [5.74, 6) is -0.0422. The van der Waals surface area contributed by atoms with Crippen LogP contribution in [0, 0.1) is 5.92 Å². The average molecular weight is 242 g/mol. The summed E-state index contributed by atoms with van der Waals surface area (Å²) < 4.78 is 5.78. The second-order valence-corrected chi connectivity index (χ2v) is 4.91. The molecule has 1 aliphatic rings. The molecule has 0 aromatic heterocycles. The minimum absolute atomic E-state index is 0.0465. The van der Waals surface area contributed by atoms with E-state index in [9.17, 15) is 4.79 Å². The molecule has 0 spiro atoms. The van der Waals surface area contributed by atoms with Gasteiger partial charge in [0.05, 0.1) is 6.10 Å². The molecule has 1 atom stereocenters. The van der Waals surface area contributed by atoms with Gasteiger partial charge in [-0.3, -0.25) is 4.79 Å². The van der Waals surface area contributed by atoms with Gasteiger partial charge in [0.2, 0.25) is 5.91 Å². The van der Waals surface area contributed by atoms with Gasteiger partial charge in [0.1, 0.15) is 0 Å². The van der Waals surface area contributed by atoms with Crippen LogP contribution in [-0.2, 0) is 9.53 Å². The minimum Gasteiger partial charge on any atom is -0.378 e. The lowest BCUT2D eigenvalue weighted by molar-refractivity contribution is -0.124. The summed E-state index contributed by atoms with van der Waals surface area (Å²) in [6.45, 7) is 3.69. The Morgan fingerprint density at radius 3 is 2.76 bits per heavy atom. The average Bonchev–Trinajstić information content (AvgIpc) is 2.38. The number of ether oxygens (including phenoxy) is 1. The zero-order valence-electron chi connectivity index (χ0n) is 10.9. The van der Waals surface area contributed by atoms with E-state index in [0.717, 1.165) is 13.0 Å². The first-order chi connectivity index (χ1) is 8.24. The molecule has 0 radical (unpaired) electrons. The topological polar surface area (TPSA) is 64.4 Å². The Bertz CT molecular complexity index is 215. The molecule has 0 aromatic rings. The lowest BCUT2D eigenvalue weighted by Gasteiger charge is -2.22. The normalized spacial score (nSPS) is 18.9. The highest BCUT2D eigenvalue weighted by Gasteiger charge is 2.13. The maximum atomic E-state index is 11.4. The first-order valence-corrected chi connectivity index (χ1v) is 6.83. The first-order valence-electron chi connectivity index (χ1n) is 6.83. The molecular formula is C13H26N2O2. The highest BCUT2D eigenvalue weighted by atomic mass is 16.5. The van der Waals surface area contributed by atoms with Crippen LogP contribution in [0.5, 0.6) is 0 Å². The SMILES string of the molecule is CC(CN)C(=O)NCCCOC1CCCCC1. The predicted molar refractivity (Wildman–Crippen MR) is 68.7 cm³/mol. The summed E-state index contributed by atoms with van der Waals surface area (Å²) in [6, 6.07) is 0. The van der Waals surface area contributed by atoms with Gasteiger partial charge < -0.3 is 15.8 Å². The van der Waals surface area contributed by atoms with Gasteiger partial charge in [-0.05, 0) is 19.3 Å². The van der Waals surface area contributed by atoms with E-state index in [2.05, 4.69) is 5.32 Å². The maximum Gasteiger partial charge on any atom is 0.224 e. The van der Waals surface area contributed by atoms with Crippen molar-refractivity contribution < 1.29 is 9.53 Å². The van der Waals surface area contributed by atoms with E-state index >= 15 is 0 Å². The molecule has 4 nitrogen and oxygen atoms in total. The van der Waals surface area contributed by atoms with Crippen LogP contribution >= 0.6 is 0 Å². The van der Waals surface area contributed by atoms with E-state index in [1.165, 1.54) is 32.1 Å². The Hall–Kier alpha value is -0.610. The molecule has 17 heavy (non-hydrogen) atoms. The fourth-order valence-corrected chi connectivity index (χ4v) is 2.05. The van der Waals surface area contributed by atoms with E-state index in [-0.39, 0.29) is 11.8 Å². The van der Waals surface area contributed by atoms with Crippen molar-refractivity contribution in [1.82, 2.24) is 5.32 Å². The van der Waals surface area contributed by atoms with Gasteiger partial charge in [0.15, 0.2) is 0 Å². The van der Waals surface area contributed by atoms with Gasteiger partial charge in [-0.2, -0.15) is 0 Å². The third-order valence-corrected chi connectivity index (χ3v) is 3.33. The number of nitrogens with one attached hydrogen (secondary N) is 1. The number of carbonyl (C=O) groups excluding carboxylic acids is 1. The van der Waals surface area contributed by atoms with Gasteiger partial charge in [-0.15, -0.1) is 0 Å². The smallest absolute Gasteiger partial charge is 0.224 e. The number of amides is 1. The molecule has 100 valence electrons. The summed E-state index contributed by atoms with van der Waals surface area (Å²) in [5.41, 5.74) is 5.42. The van der Waals surface area contributed by atoms with Crippen molar-refractivity contribution in [2.24, 2.45) is 11.7 Å². The second kappa shape index (κ2) is 8.48. The molecule has 3 N–H and O–H groups in total. The molecule has 1 rings (SSSR count). The lowest BCUT2D eigenvalue weighted by atomic mass is 9.98. The molecule has 0 heterocycles. The van der Waals surface area contributed by atoms with Crippen LogP contribution in [0.2, 0.25) is 0 Å². The molecule has 4 heteroatoms. The molecule has 1 aliphatic carbocycles. The summed E-state index contributed by atoms with van der Waals surface area (Å²) >= 11 is 0. The van der Waals surface area contributed by atoms with Crippen LogP contribution in [-0.4, -0.2) is 31.7 Å². The van der Waals surface area contributed by atoms with E-state index in [0.29, 0.717) is 19.2 Å². The Morgan fingerprint density at radius 1 is 1.41 bits per heavy atom. The fourth-order valence-electron chi connectivity index (χ4n) is 2.05. The molecule has 1 unspecified atom stereocenters. The predicted octanol–water partition coefficient (Wildman–Crippen LogP) is 1.44. The highest BCUT2D eigenvalue weighted by molar-refractivity contribution is 5.78. The van der Waals surface area contributed by atoms with Crippen LogP contribution in [0.15, 0.2) is 0 Å². The molecule has 0 bridgehead atoms. The van der Waals surface area contributed by atoms with Gasteiger partial charge >= 0.3 is 0 Å². The molecule has 1 fully saturated rings. The molecule has 0 aliphatic heterocycles. The van der Waals surface area contributed by atoms with Crippen molar-refractivity contribution in [2.75, 3.05) is 19.7 Å². The van der Waals surface area contributed by atoms with Crippen LogP contribution < -0.4 is 11.1 Å². The third kappa shape index (κ3) is 6.03. The van der Waals surface area contributed by atoms with Gasteiger partial charge in [0, 0.05) is 25.6 Å². The Labute approximate surface area is 104 Å². The molecule has 1 amide bonds. The quantitative estimate of drug-likeness (QED) is 0.664. The third-order valence-electron chi connectivity index (χ3n) is 3.33. The largest absolute Gasteiger partial charge is 0.378 e. The van der Waals surface area contributed by atoms with Crippen molar-refractivity contribution in [3.8, 4) is 0 Å². The summed E-state index contributed by atoms with van der Waals surface area (Å²) in [5, 5.41) is 2.87. The summed E-state index contributed by atoms with van der Waals surface area (Å²) in [4.78, 5) is 11.4. The van der Waals surface area contributed by atoms with Crippen molar-refractivity contribution in [2.45, 2.75) is 51.6 Å². The Kier molecular flexibility index (Phi) is 7.21. The maximum absolute atomic E-state index is 11.4. The van der Waals surface area contributed by atoms with Gasteiger partial charge in [-0.1, -0.05) is 26.2 Å². The first kappa shape index (κ1) is 14.5. The van der Waals surface area contributed by atoms with Crippen LogP contribution in [0.1, 0.15) is 45.4 Å². The summed E-state index contributed by atoms with van der Waals surface area (Å²) in [7, 11) is 0.